The van der Waals surface area contributed by atoms with Gasteiger partial charge in [-0.2, -0.15) is 0 Å². The van der Waals surface area contributed by atoms with Crippen LogP contribution in [-0.2, 0) is 0 Å². The molecule has 2 heteroatoms. The molecule has 4 rings (SSSR count). The number of thiophene rings is 2. The van der Waals surface area contributed by atoms with Crippen LogP contribution in [-0.4, -0.2) is 0 Å². The molecule has 4 aromatic rings. The van der Waals surface area contributed by atoms with E-state index in [4.69, 9.17) is 0 Å². The Balaban J connectivity index is 1.66. The van der Waals surface area contributed by atoms with Crippen LogP contribution >= 0.6 is 22.7 Å². The Morgan fingerprint density at radius 1 is 0.567 bits per heavy atom. The van der Waals surface area contributed by atoms with E-state index in [1.807, 2.05) is 0 Å². The molecule has 30 heavy (non-hydrogen) atoms. The normalized spacial score (nSPS) is 10.9. The summed E-state index contributed by atoms with van der Waals surface area (Å²) in [5.41, 5.74) is 0. The quantitative estimate of drug-likeness (QED) is 0.212. The van der Waals surface area contributed by atoms with Crippen molar-refractivity contribution in [2.75, 3.05) is 0 Å². The van der Waals surface area contributed by atoms with E-state index in [1.165, 1.54) is 80.6 Å². The summed E-state index contributed by atoms with van der Waals surface area (Å²) in [4.78, 5) is 2.40. The van der Waals surface area contributed by atoms with Crippen LogP contribution in [0.2, 0.25) is 0 Å². The maximum atomic E-state index is 3.42. The molecule has 0 aliphatic heterocycles. The van der Waals surface area contributed by atoms with E-state index in [1.54, 1.807) is 22.7 Å². The fraction of sp³-hybridized carbons (Fsp3) is 0.357. The highest BCUT2D eigenvalue weighted by atomic mass is 32.1. The molecule has 0 radical (unpaired) electrons. The minimum atomic E-state index is 0.999. The van der Waals surface area contributed by atoms with E-state index in [0.29, 0.717) is 0 Å². The van der Waals surface area contributed by atoms with Crippen molar-refractivity contribution in [1.29, 1.82) is 0 Å². The highest BCUT2D eigenvalue weighted by molar-refractivity contribution is 7.12. The van der Waals surface area contributed by atoms with Crippen molar-refractivity contribution in [3.63, 3.8) is 0 Å². The second-order valence-electron chi connectivity index (χ2n) is 7.80. The Kier molecular flexibility index (Phi) is 7.11. The zero-order valence-electron chi connectivity index (χ0n) is 17.9. The number of fused-ring (bicyclic) bond motifs is 5. The molecule has 0 spiro atoms. The SMILES string of the molecule is CCCCCC#Cc1scc2c1ccc1c3csc(C#CCCCCC)c3ccc21. The fourth-order valence-electron chi connectivity index (χ4n) is 3.87. The Hall–Kier alpha value is -2.26. The van der Waals surface area contributed by atoms with Gasteiger partial charge in [-0.1, -0.05) is 87.5 Å². The molecular weight excluding hydrogens is 400 g/mol. The summed E-state index contributed by atoms with van der Waals surface area (Å²) in [5, 5.41) is 12.5. The minimum Gasteiger partial charge on any atom is -0.134 e. The van der Waals surface area contributed by atoms with Crippen LogP contribution in [0.25, 0.3) is 32.3 Å². The maximum absolute atomic E-state index is 3.42. The van der Waals surface area contributed by atoms with Crippen molar-refractivity contribution >= 4 is 55.0 Å². The summed E-state index contributed by atoms with van der Waals surface area (Å²) in [7, 11) is 0. The van der Waals surface area contributed by atoms with Gasteiger partial charge in [0.25, 0.3) is 0 Å². The smallest absolute Gasteiger partial charge is 0.0847 e. The lowest BCUT2D eigenvalue weighted by Gasteiger charge is -2.02. The Bertz CT molecular complexity index is 1180. The minimum absolute atomic E-state index is 0.999. The fourth-order valence-corrected chi connectivity index (χ4v) is 5.72. The summed E-state index contributed by atoms with van der Waals surface area (Å²) in [6.45, 7) is 4.47. The van der Waals surface area contributed by atoms with Gasteiger partial charge < -0.3 is 0 Å². The Morgan fingerprint density at radius 3 is 1.43 bits per heavy atom. The number of hydrogen-bond donors (Lipinski definition) is 0. The van der Waals surface area contributed by atoms with Crippen LogP contribution in [0.1, 0.15) is 75.0 Å². The third-order valence-electron chi connectivity index (χ3n) is 5.58. The third kappa shape index (κ3) is 4.41. The van der Waals surface area contributed by atoms with Crippen molar-refractivity contribution in [1.82, 2.24) is 0 Å². The molecule has 0 bridgehead atoms. The van der Waals surface area contributed by atoms with Crippen molar-refractivity contribution < 1.29 is 0 Å². The van der Waals surface area contributed by atoms with Gasteiger partial charge in [0.2, 0.25) is 0 Å². The summed E-state index contributed by atoms with van der Waals surface area (Å²) < 4.78 is 0. The largest absolute Gasteiger partial charge is 0.134 e. The highest BCUT2D eigenvalue weighted by Crippen LogP contribution is 2.37. The molecule has 0 aliphatic carbocycles. The molecular formula is C28H28S2. The standard InChI is InChI=1S/C28H28S2/c1-3-5-7-9-11-13-27-23-17-15-22-21(25(23)19-29-27)16-18-24-26(22)20-30-28(24)14-12-10-8-6-4-2/h15-20H,3-10H2,1-2H3. The van der Waals surface area contributed by atoms with Crippen molar-refractivity contribution in [3.8, 4) is 23.7 Å². The predicted molar refractivity (Wildman–Crippen MR) is 137 cm³/mol. The Labute approximate surface area is 188 Å². The van der Waals surface area contributed by atoms with Gasteiger partial charge in [-0.3, -0.25) is 0 Å². The first kappa shape index (κ1) is 21.0. The molecule has 0 atom stereocenters. The molecule has 0 saturated heterocycles. The molecule has 0 aliphatic rings. The van der Waals surface area contributed by atoms with E-state index in [9.17, 15) is 0 Å². The number of rotatable bonds is 6. The van der Waals surface area contributed by atoms with Crippen LogP contribution in [0.5, 0.6) is 0 Å². The van der Waals surface area contributed by atoms with Gasteiger partial charge in [-0.25, -0.2) is 0 Å². The van der Waals surface area contributed by atoms with Crippen LogP contribution in [0.3, 0.4) is 0 Å². The van der Waals surface area contributed by atoms with Crippen molar-refractivity contribution in [3.05, 3.63) is 44.8 Å². The first-order valence-electron chi connectivity index (χ1n) is 11.1. The molecule has 0 unspecified atom stereocenters. The molecule has 2 aromatic heterocycles. The molecule has 0 N–H and O–H groups in total. The number of benzene rings is 2. The van der Waals surface area contributed by atoms with Crippen LogP contribution < -0.4 is 0 Å². The van der Waals surface area contributed by atoms with Gasteiger partial charge in [-0.15, -0.1) is 22.7 Å². The van der Waals surface area contributed by atoms with Crippen LogP contribution in [0.4, 0.5) is 0 Å². The topological polar surface area (TPSA) is 0 Å². The van der Waals surface area contributed by atoms with E-state index in [0.717, 1.165) is 12.8 Å². The lowest BCUT2D eigenvalue weighted by Crippen LogP contribution is -1.78. The summed E-state index contributed by atoms with van der Waals surface area (Å²) in [6.07, 6.45) is 9.44. The zero-order chi connectivity index (χ0) is 20.8. The lowest BCUT2D eigenvalue weighted by molar-refractivity contribution is 0.737. The maximum Gasteiger partial charge on any atom is 0.0847 e. The average Bonchev–Trinajstić information content (AvgIpc) is 3.37. The summed E-state index contributed by atoms with van der Waals surface area (Å²) in [6, 6.07) is 9.08. The van der Waals surface area contributed by atoms with Gasteiger partial charge in [0.05, 0.1) is 9.75 Å². The number of hydrogen-bond acceptors (Lipinski definition) is 2. The second kappa shape index (κ2) is 10.2. The zero-order valence-corrected chi connectivity index (χ0v) is 19.6. The van der Waals surface area contributed by atoms with E-state index in [2.05, 4.69) is 72.6 Å². The predicted octanol–water partition coefficient (Wildman–Crippen LogP) is 9.13. The summed E-state index contributed by atoms with van der Waals surface area (Å²) >= 11 is 3.55. The molecule has 0 saturated carbocycles. The summed E-state index contributed by atoms with van der Waals surface area (Å²) in [5.74, 6) is 13.6. The first-order chi connectivity index (χ1) is 14.8. The highest BCUT2D eigenvalue weighted by Gasteiger charge is 2.11. The second-order valence-corrected chi connectivity index (χ2v) is 9.56. The van der Waals surface area contributed by atoms with Gasteiger partial charge in [0.1, 0.15) is 0 Å². The van der Waals surface area contributed by atoms with Crippen molar-refractivity contribution in [2.45, 2.75) is 65.2 Å². The van der Waals surface area contributed by atoms with Crippen LogP contribution in [0.15, 0.2) is 35.0 Å². The molecule has 0 nitrogen and oxygen atoms in total. The first-order valence-corrected chi connectivity index (χ1v) is 12.9. The Morgan fingerprint density at radius 2 is 1.00 bits per heavy atom. The molecule has 2 heterocycles. The van der Waals surface area contributed by atoms with E-state index < -0.39 is 0 Å². The molecule has 0 fully saturated rings. The van der Waals surface area contributed by atoms with Crippen LogP contribution in [0, 0.1) is 23.7 Å². The average molecular weight is 429 g/mol. The molecule has 152 valence electrons. The van der Waals surface area contributed by atoms with E-state index >= 15 is 0 Å². The monoisotopic (exact) mass is 428 g/mol. The van der Waals surface area contributed by atoms with Gasteiger partial charge in [0, 0.05) is 45.1 Å². The van der Waals surface area contributed by atoms with Crippen molar-refractivity contribution in [2.24, 2.45) is 0 Å². The van der Waals surface area contributed by atoms with Gasteiger partial charge in [0.15, 0.2) is 0 Å². The van der Waals surface area contributed by atoms with Gasteiger partial charge in [-0.05, 0) is 23.6 Å². The third-order valence-corrected chi connectivity index (χ3v) is 7.40. The van der Waals surface area contributed by atoms with E-state index in [-0.39, 0.29) is 0 Å². The molecule has 0 amide bonds. The molecule has 2 aromatic carbocycles. The van der Waals surface area contributed by atoms with Gasteiger partial charge >= 0.3 is 0 Å². The lowest BCUT2D eigenvalue weighted by atomic mass is 10.00. The number of unbranched alkanes of at least 4 members (excludes halogenated alkanes) is 6.